The van der Waals surface area contributed by atoms with Gasteiger partial charge in [-0.1, -0.05) is 19.3 Å². The first-order valence-electron chi connectivity index (χ1n) is 10.4. The van der Waals surface area contributed by atoms with Gasteiger partial charge in [-0.2, -0.15) is 10.4 Å². The van der Waals surface area contributed by atoms with Gasteiger partial charge in [-0.05, 0) is 31.9 Å². The molecule has 7 N–H and O–H groups in total. The molecular weight excluding hydrogens is 473 g/mol. The van der Waals surface area contributed by atoms with Gasteiger partial charge >= 0.3 is 13.8 Å². The van der Waals surface area contributed by atoms with Crippen LogP contribution < -0.4 is 5.73 Å². The lowest BCUT2D eigenvalue weighted by atomic mass is 9.76. The molecule has 3 heterocycles. The molecule has 1 aliphatic carbocycles. The number of carbonyl (C=O) groups excluding carboxylic acids is 1. The average molecular weight is 499 g/mol. The molecule has 4 atom stereocenters. The molecule has 2 aromatic rings. The van der Waals surface area contributed by atoms with Crippen LogP contribution in [0.4, 0.5) is 5.82 Å². The quantitative estimate of drug-likeness (QED) is 0.235. The van der Waals surface area contributed by atoms with Crippen LogP contribution in [0.15, 0.2) is 18.5 Å². The summed E-state index contributed by atoms with van der Waals surface area (Å²) in [6.07, 6.45) is 0.711. The molecule has 14 nitrogen and oxygen atoms in total. The van der Waals surface area contributed by atoms with E-state index < -0.39 is 43.3 Å². The number of aliphatic hydroxyl groups is 2. The molecular formula is C19H26N5O9P. The fourth-order valence-corrected chi connectivity index (χ4v) is 4.19. The van der Waals surface area contributed by atoms with Crippen molar-refractivity contribution in [3.05, 3.63) is 24.2 Å². The largest absolute Gasteiger partial charge is 0.466 e. The summed E-state index contributed by atoms with van der Waals surface area (Å²) in [6, 6.07) is 5.00. The Labute approximate surface area is 193 Å². The lowest BCUT2D eigenvalue weighted by Crippen LogP contribution is -2.41. The Kier molecular flexibility index (Phi) is 7.30. The van der Waals surface area contributed by atoms with Gasteiger partial charge < -0.3 is 40.1 Å². The number of aromatic nitrogens is 3. The van der Waals surface area contributed by atoms with Crippen LogP contribution in [0, 0.1) is 16.7 Å². The molecule has 2 fully saturated rings. The highest BCUT2D eigenvalue weighted by atomic mass is 31.2. The van der Waals surface area contributed by atoms with Crippen molar-refractivity contribution in [3.8, 4) is 6.07 Å². The van der Waals surface area contributed by atoms with Crippen LogP contribution in [-0.4, -0.2) is 64.0 Å². The van der Waals surface area contributed by atoms with Crippen molar-refractivity contribution in [2.24, 2.45) is 5.41 Å². The molecule has 1 saturated heterocycles. The van der Waals surface area contributed by atoms with Gasteiger partial charge in [-0.15, -0.1) is 0 Å². The molecule has 0 aromatic carbocycles. The second kappa shape index (κ2) is 9.55. The van der Waals surface area contributed by atoms with Crippen LogP contribution in [-0.2, 0) is 24.4 Å². The first kappa shape index (κ1) is 26.0. The number of carbonyl (C=O) groups is 1. The molecule has 186 valence electrons. The second-order valence-electron chi connectivity index (χ2n) is 8.47. The minimum atomic E-state index is -4.64. The normalized spacial score (nSPS) is 28.6. The number of ether oxygens (including phenoxy) is 2. The van der Waals surface area contributed by atoms with Gasteiger partial charge in [0, 0.05) is 0 Å². The van der Waals surface area contributed by atoms with E-state index in [0.717, 1.165) is 19.3 Å². The maximum absolute atomic E-state index is 12.8. The lowest BCUT2D eigenvalue weighted by Gasteiger charge is -2.32. The summed E-state index contributed by atoms with van der Waals surface area (Å²) >= 11 is 0. The van der Waals surface area contributed by atoms with E-state index in [9.17, 15) is 20.3 Å². The lowest BCUT2D eigenvalue weighted by molar-refractivity contribution is -0.206. The number of nitriles is 1. The zero-order valence-electron chi connectivity index (χ0n) is 18.2. The Balaban J connectivity index is 0.000000588. The minimum absolute atomic E-state index is 0.151. The average Bonchev–Trinajstić information content (AvgIpc) is 3.30. The first-order chi connectivity index (χ1) is 15.8. The van der Waals surface area contributed by atoms with Gasteiger partial charge in [-0.3, -0.25) is 4.79 Å². The van der Waals surface area contributed by atoms with E-state index >= 15 is 0 Å². The zero-order valence-corrected chi connectivity index (χ0v) is 19.1. The summed E-state index contributed by atoms with van der Waals surface area (Å²) in [5.41, 5.74) is 3.73. The molecule has 0 spiro atoms. The maximum atomic E-state index is 12.8. The van der Waals surface area contributed by atoms with Crippen molar-refractivity contribution in [2.75, 3.05) is 5.73 Å². The number of esters is 1. The number of hydrogen-bond donors (Lipinski definition) is 6. The molecule has 1 saturated carbocycles. The molecule has 0 amide bonds. The van der Waals surface area contributed by atoms with E-state index in [2.05, 4.69) is 10.1 Å². The standard InChI is InChI=1S/C19H23N5O5.H3O4P/c1-18(7-3-2-4-8-18)17(27)28-16-13(25)14(26)19(9-20,29-16)12-6-5-11-15(21)22-10-23-24(11)12;1-5(2,3)4/h5-6,10,13-14,16,25-26H,2-4,7-8H2,1H3,(H2,21,22,23);(H3,1,2,3,4)/t13-,14+,16-,19-;/m0./s1. The van der Waals surface area contributed by atoms with Gasteiger partial charge in [0.25, 0.3) is 0 Å². The van der Waals surface area contributed by atoms with E-state index in [0.29, 0.717) is 18.4 Å². The van der Waals surface area contributed by atoms with Crippen LogP contribution >= 0.6 is 7.82 Å². The number of nitrogens with two attached hydrogens (primary N) is 1. The summed E-state index contributed by atoms with van der Waals surface area (Å²) in [5, 5.41) is 35.1. The fraction of sp³-hybridized carbons (Fsp3) is 0.579. The van der Waals surface area contributed by atoms with Crippen molar-refractivity contribution in [3.63, 3.8) is 0 Å². The Hall–Kier alpha value is -2.63. The number of anilines is 1. The third-order valence-electron chi connectivity index (χ3n) is 6.02. The van der Waals surface area contributed by atoms with E-state index in [1.165, 1.54) is 16.9 Å². The van der Waals surface area contributed by atoms with Crippen molar-refractivity contribution in [1.82, 2.24) is 14.6 Å². The second-order valence-corrected chi connectivity index (χ2v) is 9.50. The Bertz CT molecular complexity index is 1130. The number of hydrogen-bond acceptors (Lipinski definition) is 10. The molecule has 15 heteroatoms. The van der Waals surface area contributed by atoms with Crippen molar-refractivity contribution in [1.29, 1.82) is 5.26 Å². The molecule has 0 radical (unpaired) electrons. The molecule has 1 aliphatic heterocycles. The van der Waals surface area contributed by atoms with Crippen LogP contribution in [0.2, 0.25) is 0 Å². The highest BCUT2D eigenvalue weighted by Gasteiger charge is 2.59. The monoisotopic (exact) mass is 499 g/mol. The first-order valence-corrected chi connectivity index (χ1v) is 11.9. The summed E-state index contributed by atoms with van der Waals surface area (Å²) in [4.78, 5) is 38.2. The van der Waals surface area contributed by atoms with E-state index in [-0.39, 0.29) is 11.5 Å². The Morgan fingerprint density at radius 2 is 1.91 bits per heavy atom. The number of phosphoric acid groups is 1. The van der Waals surface area contributed by atoms with Crippen LogP contribution in [0.1, 0.15) is 44.7 Å². The molecule has 0 bridgehead atoms. The summed E-state index contributed by atoms with van der Waals surface area (Å²) in [6.45, 7) is 1.82. The predicted molar refractivity (Wildman–Crippen MR) is 113 cm³/mol. The van der Waals surface area contributed by atoms with E-state index in [1.54, 1.807) is 6.07 Å². The number of nitrogen functional groups attached to an aromatic ring is 1. The smallest absolute Gasteiger partial charge is 0.432 e. The highest BCUT2D eigenvalue weighted by Crippen LogP contribution is 2.43. The fourth-order valence-electron chi connectivity index (χ4n) is 4.19. The van der Waals surface area contributed by atoms with Crippen LogP contribution in [0.3, 0.4) is 0 Å². The summed E-state index contributed by atoms with van der Waals surface area (Å²) in [5.74, 6) is -0.325. The van der Waals surface area contributed by atoms with E-state index in [1.807, 2.05) is 13.0 Å². The minimum Gasteiger partial charge on any atom is -0.432 e. The van der Waals surface area contributed by atoms with E-state index in [4.69, 9.17) is 34.5 Å². The molecule has 34 heavy (non-hydrogen) atoms. The Morgan fingerprint density at radius 1 is 1.29 bits per heavy atom. The van der Waals surface area contributed by atoms with Crippen molar-refractivity contribution < 1.29 is 43.7 Å². The van der Waals surface area contributed by atoms with Gasteiger partial charge in [0.1, 0.15) is 30.1 Å². The Morgan fingerprint density at radius 3 is 2.50 bits per heavy atom. The molecule has 2 aliphatic rings. The topological polar surface area (TPSA) is 234 Å². The van der Waals surface area contributed by atoms with Gasteiger partial charge in [0.15, 0.2) is 5.82 Å². The summed E-state index contributed by atoms with van der Waals surface area (Å²) < 4.78 is 21.3. The molecule has 4 rings (SSSR count). The van der Waals surface area contributed by atoms with Gasteiger partial charge in [0.2, 0.25) is 11.9 Å². The third-order valence-corrected chi connectivity index (χ3v) is 6.02. The number of rotatable bonds is 3. The number of fused-ring (bicyclic) bond motifs is 1. The maximum Gasteiger partial charge on any atom is 0.466 e. The van der Waals surface area contributed by atoms with Gasteiger partial charge in [0.05, 0.1) is 11.1 Å². The highest BCUT2D eigenvalue weighted by molar-refractivity contribution is 7.45. The van der Waals surface area contributed by atoms with Gasteiger partial charge in [-0.25, -0.2) is 14.1 Å². The number of nitrogens with zero attached hydrogens (tertiary/aromatic N) is 4. The zero-order chi connectivity index (χ0) is 25.3. The SMILES string of the molecule is CC1(C(=O)O[C@H]2O[C@@](C#N)(c3ccc4c(N)ncnn34)[C@H](O)[C@@H]2O)CCCCC1.O=P(O)(O)O. The molecule has 2 aromatic heterocycles. The predicted octanol–water partition coefficient (Wildman–Crippen LogP) is -0.307. The van der Waals surface area contributed by atoms with Crippen molar-refractivity contribution >= 4 is 25.1 Å². The van der Waals surface area contributed by atoms with Crippen molar-refractivity contribution in [2.45, 2.75) is 63.1 Å². The molecule has 0 unspecified atom stereocenters. The summed E-state index contributed by atoms with van der Waals surface area (Å²) in [7, 11) is -4.64. The third kappa shape index (κ3) is 5.06. The van der Waals surface area contributed by atoms with Crippen LogP contribution in [0.25, 0.3) is 5.52 Å². The number of aliphatic hydroxyl groups excluding tert-OH is 2. The van der Waals surface area contributed by atoms with Crippen LogP contribution in [0.5, 0.6) is 0 Å².